The van der Waals surface area contributed by atoms with E-state index in [2.05, 4.69) is 0 Å². The molecule has 1 aromatic rings. The second-order valence-corrected chi connectivity index (χ2v) is 5.20. The van der Waals surface area contributed by atoms with Crippen LogP contribution in [0.5, 0.6) is 0 Å². The smallest absolute Gasteiger partial charge is 0.124 e. The Morgan fingerprint density at radius 2 is 2.27 bits per heavy atom. The predicted molar refractivity (Wildman–Crippen MR) is 60.6 cm³/mol. The molecule has 2 atom stereocenters. The highest BCUT2D eigenvalue weighted by Gasteiger charge is 2.05. The maximum atomic E-state index is 12.8. The lowest BCUT2D eigenvalue weighted by Gasteiger charge is -2.04. The Morgan fingerprint density at radius 1 is 1.53 bits per heavy atom. The van der Waals surface area contributed by atoms with Crippen molar-refractivity contribution in [2.75, 3.05) is 5.75 Å². The van der Waals surface area contributed by atoms with Crippen LogP contribution >= 0.6 is 0 Å². The van der Waals surface area contributed by atoms with E-state index in [1.165, 1.54) is 12.1 Å². The summed E-state index contributed by atoms with van der Waals surface area (Å²) in [7, 11) is -1.11. The molecular weight excluding hydrogens is 213 g/mol. The Balaban J connectivity index is 2.47. The van der Waals surface area contributed by atoms with E-state index in [-0.39, 0.29) is 11.9 Å². The van der Waals surface area contributed by atoms with Crippen molar-refractivity contribution < 1.29 is 8.60 Å². The zero-order valence-corrected chi connectivity index (χ0v) is 9.60. The monoisotopic (exact) mass is 229 g/mol. The molecule has 0 aliphatic rings. The highest BCUT2D eigenvalue weighted by atomic mass is 32.2. The SMILES string of the molecule is CC(N)CCCS(=O)c1cccc(F)c1. The maximum absolute atomic E-state index is 12.8. The number of rotatable bonds is 5. The summed E-state index contributed by atoms with van der Waals surface area (Å²) in [5.74, 6) is 0.207. The van der Waals surface area contributed by atoms with Crippen molar-refractivity contribution in [3.63, 3.8) is 0 Å². The summed E-state index contributed by atoms with van der Waals surface area (Å²) in [6.07, 6.45) is 1.65. The van der Waals surface area contributed by atoms with Crippen LogP contribution in [0.4, 0.5) is 4.39 Å². The van der Waals surface area contributed by atoms with E-state index in [4.69, 9.17) is 5.73 Å². The van der Waals surface area contributed by atoms with E-state index in [9.17, 15) is 8.60 Å². The Labute approximate surface area is 92.1 Å². The molecule has 15 heavy (non-hydrogen) atoms. The topological polar surface area (TPSA) is 43.1 Å². The molecule has 1 aromatic carbocycles. The summed E-state index contributed by atoms with van der Waals surface area (Å²) in [5, 5.41) is 0. The van der Waals surface area contributed by atoms with Crippen molar-refractivity contribution in [3.8, 4) is 0 Å². The number of hydrogen-bond donors (Lipinski definition) is 1. The zero-order valence-electron chi connectivity index (χ0n) is 8.78. The molecule has 2 unspecified atom stereocenters. The fourth-order valence-electron chi connectivity index (χ4n) is 1.26. The zero-order chi connectivity index (χ0) is 11.3. The molecule has 1 rings (SSSR count). The molecule has 0 spiro atoms. The van der Waals surface area contributed by atoms with E-state index in [1.807, 2.05) is 6.92 Å². The number of hydrogen-bond acceptors (Lipinski definition) is 2. The standard InChI is InChI=1S/C11H16FNOS/c1-9(13)4-3-7-15(14)11-6-2-5-10(12)8-11/h2,5-6,8-9H,3-4,7,13H2,1H3. The molecule has 0 heterocycles. The number of nitrogens with two attached hydrogens (primary N) is 1. The van der Waals surface area contributed by atoms with Gasteiger partial charge in [0, 0.05) is 16.7 Å². The molecular formula is C11H16FNOS. The van der Waals surface area contributed by atoms with Gasteiger partial charge >= 0.3 is 0 Å². The van der Waals surface area contributed by atoms with Crippen molar-refractivity contribution >= 4 is 10.8 Å². The van der Waals surface area contributed by atoms with Gasteiger partial charge in [0.05, 0.1) is 10.8 Å². The second kappa shape index (κ2) is 5.98. The van der Waals surface area contributed by atoms with Crippen LogP contribution in [-0.4, -0.2) is 16.0 Å². The largest absolute Gasteiger partial charge is 0.328 e. The van der Waals surface area contributed by atoms with E-state index < -0.39 is 10.8 Å². The lowest BCUT2D eigenvalue weighted by Crippen LogP contribution is -2.15. The molecule has 0 saturated carbocycles. The lowest BCUT2D eigenvalue weighted by molar-refractivity contribution is 0.621. The Kier molecular flexibility index (Phi) is 4.91. The van der Waals surface area contributed by atoms with E-state index in [0.29, 0.717) is 10.6 Å². The molecule has 0 aromatic heterocycles. The van der Waals surface area contributed by atoms with Gasteiger partial charge in [-0.1, -0.05) is 6.07 Å². The first-order valence-electron chi connectivity index (χ1n) is 4.99. The summed E-state index contributed by atoms with van der Waals surface area (Å²) in [4.78, 5) is 0.555. The molecule has 84 valence electrons. The average Bonchev–Trinajstić information content (AvgIpc) is 2.17. The Morgan fingerprint density at radius 3 is 2.87 bits per heavy atom. The van der Waals surface area contributed by atoms with Crippen LogP contribution in [-0.2, 0) is 10.8 Å². The van der Waals surface area contributed by atoms with Gasteiger partial charge in [-0.15, -0.1) is 0 Å². The first-order valence-corrected chi connectivity index (χ1v) is 6.31. The van der Waals surface area contributed by atoms with Gasteiger partial charge in [0.25, 0.3) is 0 Å². The minimum Gasteiger partial charge on any atom is -0.328 e. The van der Waals surface area contributed by atoms with Crippen molar-refractivity contribution in [1.29, 1.82) is 0 Å². The summed E-state index contributed by atoms with van der Waals surface area (Å²) >= 11 is 0. The highest BCUT2D eigenvalue weighted by Crippen LogP contribution is 2.10. The normalized spacial score (nSPS) is 14.9. The van der Waals surface area contributed by atoms with E-state index in [1.54, 1.807) is 12.1 Å². The van der Waals surface area contributed by atoms with Gasteiger partial charge in [-0.3, -0.25) is 4.21 Å². The molecule has 2 nitrogen and oxygen atoms in total. The lowest BCUT2D eigenvalue weighted by atomic mass is 10.2. The van der Waals surface area contributed by atoms with Gasteiger partial charge in [0.2, 0.25) is 0 Å². The van der Waals surface area contributed by atoms with Gasteiger partial charge in [-0.25, -0.2) is 4.39 Å². The quantitative estimate of drug-likeness (QED) is 0.839. The summed E-state index contributed by atoms with van der Waals surface area (Å²) < 4.78 is 24.5. The maximum Gasteiger partial charge on any atom is 0.124 e. The van der Waals surface area contributed by atoms with Gasteiger partial charge < -0.3 is 5.73 Å². The summed E-state index contributed by atoms with van der Waals surface area (Å²) in [5.41, 5.74) is 5.58. The summed E-state index contributed by atoms with van der Waals surface area (Å²) in [6, 6.07) is 6.07. The van der Waals surface area contributed by atoms with E-state index >= 15 is 0 Å². The number of halogens is 1. The van der Waals surface area contributed by atoms with Crippen LogP contribution < -0.4 is 5.73 Å². The highest BCUT2D eigenvalue weighted by molar-refractivity contribution is 7.85. The van der Waals surface area contributed by atoms with Crippen molar-refractivity contribution in [1.82, 2.24) is 0 Å². The molecule has 0 radical (unpaired) electrons. The molecule has 0 aliphatic heterocycles. The molecule has 0 bridgehead atoms. The number of benzene rings is 1. The van der Waals surface area contributed by atoms with E-state index in [0.717, 1.165) is 12.8 Å². The van der Waals surface area contributed by atoms with Crippen molar-refractivity contribution in [2.45, 2.75) is 30.7 Å². The molecule has 0 aliphatic carbocycles. The molecule has 0 amide bonds. The third-order valence-corrected chi connectivity index (χ3v) is 3.49. The fraction of sp³-hybridized carbons (Fsp3) is 0.455. The predicted octanol–water partition coefficient (Wildman–Crippen LogP) is 2.06. The minimum atomic E-state index is -1.11. The van der Waals surface area contributed by atoms with Gasteiger partial charge in [0.15, 0.2) is 0 Å². The van der Waals surface area contributed by atoms with Crippen LogP contribution in [0.2, 0.25) is 0 Å². The van der Waals surface area contributed by atoms with Gasteiger partial charge in [-0.05, 0) is 38.0 Å². The third kappa shape index (κ3) is 4.53. The first-order chi connectivity index (χ1) is 7.09. The van der Waals surface area contributed by atoms with Crippen LogP contribution in [0.15, 0.2) is 29.2 Å². The third-order valence-electron chi connectivity index (χ3n) is 2.05. The Bertz CT molecular complexity index is 341. The molecule has 0 fully saturated rings. The molecule has 0 saturated heterocycles. The van der Waals surface area contributed by atoms with Gasteiger partial charge in [0.1, 0.15) is 5.82 Å². The minimum absolute atomic E-state index is 0.134. The van der Waals surface area contributed by atoms with Crippen LogP contribution in [0.3, 0.4) is 0 Å². The van der Waals surface area contributed by atoms with Crippen LogP contribution in [0.25, 0.3) is 0 Å². The van der Waals surface area contributed by atoms with Crippen LogP contribution in [0.1, 0.15) is 19.8 Å². The van der Waals surface area contributed by atoms with Crippen molar-refractivity contribution in [2.24, 2.45) is 5.73 Å². The Hall–Kier alpha value is -0.740. The molecule has 2 N–H and O–H groups in total. The fourth-order valence-corrected chi connectivity index (χ4v) is 2.40. The summed E-state index contributed by atoms with van der Waals surface area (Å²) in [6.45, 7) is 1.92. The van der Waals surface area contributed by atoms with Crippen molar-refractivity contribution in [3.05, 3.63) is 30.1 Å². The average molecular weight is 229 g/mol. The second-order valence-electron chi connectivity index (χ2n) is 3.63. The van der Waals surface area contributed by atoms with Crippen LogP contribution in [0, 0.1) is 5.82 Å². The molecule has 4 heteroatoms. The first kappa shape index (κ1) is 12.3. The van der Waals surface area contributed by atoms with Gasteiger partial charge in [-0.2, -0.15) is 0 Å².